The zero-order valence-corrected chi connectivity index (χ0v) is 11.6. The summed E-state index contributed by atoms with van der Waals surface area (Å²) in [4.78, 5) is -0.486. The summed E-state index contributed by atoms with van der Waals surface area (Å²) in [5.74, 6) is 0. The third kappa shape index (κ3) is 2.86. The van der Waals surface area contributed by atoms with E-state index in [1.54, 1.807) is 25.1 Å². The van der Waals surface area contributed by atoms with E-state index in [1.807, 2.05) is 0 Å². The van der Waals surface area contributed by atoms with Crippen molar-refractivity contribution < 1.29 is 25.9 Å². The standard InChI is InChI=1S/C11H12O6S2/c1-7-2-3-8-5-9(18(12,13)14)6-11(10(8)4-7)19(15,16)17/h2-4,6,9H,5H2,1H3,(H,12,13,14)(H,15,16,17). The van der Waals surface area contributed by atoms with Crippen molar-refractivity contribution in [1.82, 2.24) is 0 Å². The molecule has 0 saturated carbocycles. The van der Waals surface area contributed by atoms with Crippen LogP contribution in [0.5, 0.6) is 0 Å². The molecule has 0 fully saturated rings. The minimum Gasteiger partial charge on any atom is -0.285 e. The molecule has 0 aliphatic heterocycles. The van der Waals surface area contributed by atoms with Gasteiger partial charge in [0.15, 0.2) is 0 Å². The highest BCUT2D eigenvalue weighted by Gasteiger charge is 2.32. The van der Waals surface area contributed by atoms with Crippen molar-refractivity contribution in [1.29, 1.82) is 0 Å². The molecule has 0 radical (unpaired) electrons. The van der Waals surface area contributed by atoms with Crippen LogP contribution in [-0.4, -0.2) is 31.2 Å². The Morgan fingerprint density at radius 3 is 2.32 bits per heavy atom. The van der Waals surface area contributed by atoms with Gasteiger partial charge in [-0.3, -0.25) is 9.11 Å². The summed E-state index contributed by atoms with van der Waals surface area (Å²) >= 11 is 0. The molecule has 8 heteroatoms. The van der Waals surface area contributed by atoms with E-state index in [-0.39, 0.29) is 12.0 Å². The fourth-order valence-electron chi connectivity index (χ4n) is 2.05. The van der Waals surface area contributed by atoms with Crippen molar-refractivity contribution in [3.8, 4) is 0 Å². The molecule has 1 aliphatic rings. The lowest BCUT2D eigenvalue weighted by atomic mass is 9.95. The molecule has 1 aromatic carbocycles. The summed E-state index contributed by atoms with van der Waals surface area (Å²) in [6.07, 6.45) is 0.833. The van der Waals surface area contributed by atoms with E-state index in [1.165, 1.54) is 0 Å². The molecule has 1 atom stereocenters. The maximum Gasteiger partial charge on any atom is 0.294 e. The average Bonchev–Trinajstić information content (AvgIpc) is 2.24. The molecule has 0 bridgehead atoms. The van der Waals surface area contributed by atoms with Gasteiger partial charge in [-0.2, -0.15) is 16.8 Å². The number of hydrogen-bond donors (Lipinski definition) is 2. The summed E-state index contributed by atoms with van der Waals surface area (Å²) in [6.45, 7) is 1.75. The summed E-state index contributed by atoms with van der Waals surface area (Å²) in [5, 5.41) is -1.38. The van der Waals surface area contributed by atoms with Gasteiger partial charge < -0.3 is 0 Å². The lowest BCUT2D eigenvalue weighted by molar-refractivity contribution is 0.474. The van der Waals surface area contributed by atoms with Crippen LogP contribution in [0.2, 0.25) is 0 Å². The number of fused-ring (bicyclic) bond motifs is 1. The van der Waals surface area contributed by atoms with E-state index in [9.17, 15) is 21.4 Å². The van der Waals surface area contributed by atoms with E-state index in [4.69, 9.17) is 4.55 Å². The molecule has 1 aliphatic carbocycles. The lowest BCUT2D eigenvalue weighted by Gasteiger charge is -2.21. The molecule has 19 heavy (non-hydrogen) atoms. The highest BCUT2D eigenvalue weighted by molar-refractivity contribution is 7.95. The van der Waals surface area contributed by atoms with E-state index in [0.717, 1.165) is 11.6 Å². The molecule has 2 N–H and O–H groups in total. The second-order valence-corrected chi connectivity index (χ2v) is 7.45. The van der Waals surface area contributed by atoms with Crippen LogP contribution in [0.15, 0.2) is 24.3 Å². The van der Waals surface area contributed by atoms with Gasteiger partial charge in [-0.05, 0) is 30.5 Å². The van der Waals surface area contributed by atoms with Crippen LogP contribution in [0.4, 0.5) is 0 Å². The second-order valence-electron chi connectivity index (χ2n) is 4.42. The van der Waals surface area contributed by atoms with Gasteiger partial charge in [-0.1, -0.05) is 23.8 Å². The molecular formula is C11H12O6S2. The molecule has 104 valence electrons. The van der Waals surface area contributed by atoms with Gasteiger partial charge in [0.25, 0.3) is 20.2 Å². The van der Waals surface area contributed by atoms with Gasteiger partial charge in [0.1, 0.15) is 5.25 Å². The predicted octanol–water partition coefficient (Wildman–Crippen LogP) is 1.04. The first kappa shape index (κ1) is 14.2. The van der Waals surface area contributed by atoms with Crippen molar-refractivity contribution in [2.75, 3.05) is 0 Å². The largest absolute Gasteiger partial charge is 0.294 e. The van der Waals surface area contributed by atoms with Crippen molar-refractivity contribution in [3.05, 3.63) is 41.0 Å². The minimum atomic E-state index is -4.56. The molecule has 6 nitrogen and oxygen atoms in total. The normalized spacial score (nSPS) is 19.7. The number of benzene rings is 1. The van der Waals surface area contributed by atoms with Gasteiger partial charge in [-0.15, -0.1) is 0 Å². The van der Waals surface area contributed by atoms with Crippen molar-refractivity contribution in [2.45, 2.75) is 18.6 Å². The Morgan fingerprint density at radius 1 is 1.16 bits per heavy atom. The minimum absolute atomic E-state index is 0.0343. The molecule has 1 unspecified atom stereocenters. The quantitative estimate of drug-likeness (QED) is 0.790. The van der Waals surface area contributed by atoms with Crippen LogP contribution in [-0.2, 0) is 26.7 Å². The first-order valence-electron chi connectivity index (χ1n) is 5.34. The molecule has 0 saturated heterocycles. The van der Waals surface area contributed by atoms with Crippen molar-refractivity contribution >= 4 is 25.1 Å². The number of aryl methyl sites for hydroxylation is 1. The van der Waals surface area contributed by atoms with Crippen molar-refractivity contribution in [3.63, 3.8) is 0 Å². The Morgan fingerprint density at radius 2 is 1.79 bits per heavy atom. The summed E-state index contributed by atoms with van der Waals surface area (Å²) < 4.78 is 63.3. The van der Waals surface area contributed by atoms with Crippen LogP contribution in [0.25, 0.3) is 4.91 Å². The van der Waals surface area contributed by atoms with Gasteiger partial charge in [0.2, 0.25) is 0 Å². The fourth-order valence-corrected chi connectivity index (χ4v) is 3.64. The van der Waals surface area contributed by atoms with Gasteiger partial charge in [-0.25, -0.2) is 0 Å². The molecular weight excluding hydrogens is 292 g/mol. The molecule has 2 rings (SSSR count). The van der Waals surface area contributed by atoms with Crippen LogP contribution in [0, 0.1) is 6.92 Å². The maximum absolute atomic E-state index is 11.3. The van der Waals surface area contributed by atoms with Gasteiger partial charge in [0, 0.05) is 0 Å². The first-order chi connectivity index (χ1) is 8.59. The smallest absolute Gasteiger partial charge is 0.285 e. The summed E-state index contributed by atoms with van der Waals surface area (Å²) in [5.41, 5.74) is 1.49. The zero-order valence-electron chi connectivity index (χ0n) is 9.94. The van der Waals surface area contributed by atoms with Crippen LogP contribution in [0.1, 0.15) is 16.7 Å². The SMILES string of the molecule is Cc1ccc2c(c1)C(S(=O)(=O)O)=CC(S(=O)(=O)O)C2. The first-order valence-corrected chi connectivity index (χ1v) is 8.29. The van der Waals surface area contributed by atoms with Crippen LogP contribution < -0.4 is 0 Å². The third-order valence-corrected chi connectivity index (χ3v) is 4.93. The Labute approximate surface area is 111 Å². The Bertz CT molecular complexity index is 758. The highest BCUT2D eigenvalue weighted by Crippen LogP contribution is 2.32. The summed E-state index contributed by atoms with van der Waals surface area (Å²) in [6, 6.07) is 4.84. The third-order valence-electron chi connectivity index (χ3n) is 2.95. The molecule has 0 spiro atoms. The highest BCUT2D eigenvalue weighted by atomic mass is 32.2. The second kappa shape index (κ2) is 4.41. The van der Waals surface area contributed by atoms with E-state index < -0.39 is 30.4 Å². The zero-order chi connectivity index (χ0) is 14.4. The molecule has 0 amide bonds. The van der Waals surface area contributed by atoms with E-state index >= 15 is 0 Å². The van der Waals surface area contributed by atoms with E-state index in [0.29, 0.717) is 5.56 Å². The van der Waals surface area contributed by atoms with Crippen LogP contribution in [0.3, 0.4) is 0 Å². The van der Waals surface area contributed by atoms with Crippen LogP contribution >= 0.6 is 0 Å². The summed E-state index contributed by atoms with van der Waals surface area (Å²) in [7, 11) is -8.99. The number of rotatable bonds is 2. The Balaban J connectivity index is 2.72. The molecule has 0 aromatic heterocycles. The van der Waals surface area contributed by atoms with Gasteiger partial charge >= 0.3 is 0 Å². The topological polar surface area (TPSA) is 109 Å². The Hall–Kier alpha value is -1.22. The number of hydrogen-bond acceptors (Lipinski definition) is 4. The van der Waals surface area contributed by atoms with E-state index in [2.05, 4.69) is 0 Å². The lowest BCUT2D eigenvalue weighted by Crippen LogP contribution is -2.26. The van der Waals surface area contributed by atoms with Crippen molar-refractivity contribution in [2.24, 2.45) is 0 Å². The van der Waals surface area contributed by atoms with Gasteiger partial charge in [0.05, 0.1) is 4.91 Å². The maximum atomic E-state index is 11.3. The fraction of sp³-hybridized carbons (Fsp3) is 0.273. The monoisotopic (exact) mass is 304 g/mol. The Kier molecular flexibility index (Phi) is 3.29. The molecule has 0 heterocycles. The molecule has 1 aromatic rings. The average molecular weight is 304 g/mol. The predicted molar refractivity (Wildman–Crippen MR) is 69.7 cm³/mol.